The molecule has 44 valence electrons. The topological polar surface area (TPSA) is 0 Å². The summed E-state index contributed by atoms with van der Waals surface area (Å²) in [6, 6.07) is 0. The van der Waals surface area contributed by atoms with Crippen molar-refractivity contribution in [3.05, 3.63) is 37.5 Å². The van der Waals surface area contributed by atoms with E-state index in [2.05, 4.69) is 25.3 Å². The molecule has 0 aliphatic heterocycles. The minimum absolute atomic E-state index is 0. The van der Waals surface area contributed by atoms with E-state index in [0.717, 1.165) is 6.42 Å². The first-order valence-corrected chi connectivity index (χ1v) is 2.13. The molecule has 0 radical (unpaired) electrons. The van der Waals surface area contributed by atoms with Gasteiger partial charge in [-0.15, -0.1) is 6.42 Å². The zero-order valence-electron chi connectivity index (χ0n) is 4.58. The molecule has 0 aromatic heterocycles. The van der Waals surface area contributed by atoms with Crippen LogP contribution in [-0.4, -0.2) is 0 Å². The molecule has 8 heavy (non-hydrogen) atoms. The standard InChI is InChI=1S/C5H5.C2H3.Fe/c1-2-4-5-3-1;1-2;/h1-3H,4H2;1H,2H2;/q2*-1;+2. The summed E-state index contributed by atoms with van der Waals surface area (Å²) in [7, 11) is 0. The van der Waals surface area contributed by atoms with Gasteiger partial charge in [-0.2, -0.15) is 6.08 Å². The van der Waals surface area contributed by atoms with Gasteiger partial charge in [-0.3, -0.25) is 12.7 Å². The van der Waals surface area contributed by atoms with Crippen molar-refractivity contribution in [2.24, 2.45) is 0 Å². The van der Waals surface area contributed by atoms with Gasteiger partial charge in [0.25, 0.3) is 0 Å². The van der Waals surface area contributed by atoms with Crippen molar-refractivity contribution in [1.29, 1.82) is 0 Å². The summed E-state index contributed by atoms with van der Waals surface area (Å²) < 4.78 is 0. The first kappa shape index (κ1) is 10.7. The second-order valence-corrected chi connectivity index (χ2v) is 1.00. The number of allylic oxidation sites excluding steroid dienone is 4. The van der Waals surface area contributed by atoms with Crippen LogP contribution in [0.4, 0.5) is 0 Å². The normalized spacial score (nSPS) is 11.5. The Kier molecular flexibility index (Phi) is 13.2. The van der Waals surface area contributed by atoms with Crippen molar-refractivity contribution < 1.29 is 17.1 Å². The third-order valence-corrected chi connectivity index (χ3v) is 0.586. The van der Waals surface area contributed by atoms with Gasteiger partial charge in [0.1, 0.15) is 0 Å². The van der Waals surface area contributed by atoms with Crippen molar-refractivity contribution >= 4 is 0 Å². The molecule has 0 N–H and O–H groups in total. The summed E-state index contributed by atoms with van der Waals surface area (Å²) in [6.45, 7) is 7.00. The van der Waals surface area contributed by atoms with E-state index in [4.69, 9.17) is 0 Å². The second-order valence-electron chi connectivity index (χ2n) is 1.00. The second kappa shape index (κ2) is 9.88. The van der Waals surface area contributed by atoms with E-state index in [1.807, 2.05) is 12.2 Å². The maximum absolute atomic E-state index is 4.25. The van der Waals surface area contributed by atoms with E-state index in [9.17, 15) is 0 Å². The summed E-state index contributed by atoms with van der Waals surface area (Å²) in [5.74, 6) is 0. The van der Waals surface area contributed by atoms with Crippen LogP contribution in [-0.2, 0) is 17.1 Å². The predicted molar refractivity (Wildman–Crippen MR) is 31.5 cm³/mol. The van der Waals surface area contributed by atoms with Crippen molar-refractivity contribution in [3.63, 3.8) is 0 Å². The first-order valence-electron chi connectivity index (χ1n) is 2.13. The average Bonchev–Trinajstić information content (AvgIpc) is 2.23. The van der Waals surface area contributed by atoms with Gasteiger partial charge < -0.3 is 6.58 Å². The van der Waals surface area contributed by atoms with E-state index in [1.165, 1.54) is 0 Å². The summed E-state index contributed by atoms with van der Waals surface area (Å²) >= 11 is 0. The Morgan fingerprint density at radius 3 is 2.25 bits per heavy atom. The number of hydrogen-bond acceptors (Lipinski definition) is 0. The Balaban J connectivity index is 0. The number of hydrogen-bond donors (Lipinski definition) is 0. The van der Waals surface area contributed by atoms with E-state index >= 15 is 0 Å². The summed E-state index contributed by atoms with van der Waals surface area (Å²) in [6.07, 6.45) is 10.0. The van der Waals surface area contributed by atoms with Crippen molar-refractivity contribution in [2.75, 3.05) is 0 Å². The quantitative estimate of drug-likeness (QED) is 0.363. The van der Waals surface area contributed by atoms with Gasteiger partial charge in [0.05, 0.1) is 0 Å². The van der Waals surface area contributed by atoms with Crippen LogP contribution < -0.4 is 0 Å². The van der Waals surface area contributed by atoms with Crippen molar-refractivity contribution in [1.82, 2.24) is 0 Å². The Bertz CT molecular complexity index is 72.4. The molecule has 0 aromatic carbocycles. The Labute approximate surface area is 61.5 Å². The van der Waals surface area contributed by atoms with E-state index in [-0.39, 0.29) is 17.1 Å². The molecule has 1 aliphatic rings. The summed E-state index contributed by atoms with van der Waals surface area (Å²) in [5, 5.41) is 0. The first-order chi connectivity index (χ1) is 3.50. The predicted octanol–water partition coefficient (Wildman–Crippen LogP) is 1.91. The third kappa shape index (κ3) is 5.74. The zero-order valence-corrected chi connectivity index (χ0v) is 5.68. The average molecular weight is 148 g/mol. The molecule has 0 spiro atoms. The van der Waals surface area contributed by atoms with E-state index in [0.29, 0.717) is 0 Å². The molecule has 0 fully saturated rings. The van der Waals surface area contributed by atoms with E-state index < -0.39 is 0 Å². The van der Waals surface area contributed by atoms with Crippen LogP contribution in [0.2, 0.25) is 0 Å². The Morgan fingerprint density at radius 1 is 1.50 bits per heavy atom. The third-order valence-electron chi connectivity index (χ3n) is 0.586. The van der Waals surface area contributed by atoms with Crippen LogP contribution in [0.25, 0.3) is 0 Å². The fourth-order valence-electron chi connectivity index (χ4n) is 0.340. The molecule has 0 atom stereocenters. The minimum atomic E-state index is 0. The fourth-order valence-corrected chi connectivity index (χ4v) is 0.340. The molecule has 0 nitrogen and oxygen atoms in total. The largest absolute Gasteiger partial charge is 2.00 e. The van der Waals surface area contributed by atoms with Gasteiger partial charge in [-0.25, -0.2) is 12.2 Å². The molecule has 1 rings (SSSR count). The van der Waals surface area contributed by atoms with Crippen LogP contribution in [0.5, 0.6) is 0 Å². The molecular weight excluding hydrogens is 140 g/mol. The fraction of sp³-hybridized carbons (Fsp3) is 0.143. The van der Waals surface area contributed by atoms with Crippen LogP contribution in [0, 0.1) is 12.7 Å². The monoisotopic (exact) mass is 148 g/mol. The number of rotatable bonds is 0. The molecule has 0 amide bonds. The Hall–Kier alpha value is -0.261. The Morgan fingerprint density at radius 2 is 2.12 bits per heavy atom. The maximum Gasteiger partial charge on any atom is 2.00 e. The molecule has 1 aliphatic carbocycles. The van der Waals surface area contributed by atoms with E-state index in [1.54, 1.807) is 0 Å². The molecule has 1 heteroatoms. The van der Waals surface area contributed by atoms with Gasteiger partial charge >= 0.3 is 17.1 Å². The van der Waals surface area contributed by atoms with Crippen molar-refractivity contribution in [3.8, 4) is 0 Å². The van der Waals surface area contributed by atoms with Gasteiger partial charge in [0.15, 0.2) is 0 Å². The molecule has 0 unspecified atom stereocenters. The van der Waals surface area contributed by atoms with Gasteiger partial charge in [-0.05, 0) is 0 Å². The van der Waals surface area contributed by atoms with Crippen LogP contribution >= 0.6 is 0 Å². The van der Waals surface area contributed by atoms with Gasteiger partial charge in [0, 0.05) is 0 Å². The maximum atomic E-state index is 4.25. The summed E-state index contributed by atoms with van der Waals surface area (Å²) in [5.41, 5.74) is 0. The van der Waals surface area contributed by atoms with Crippen molar-refractivity contribution in [2.45, 2.75) is 6.42 Å². The molecule has 0 saturated heterocycles. The van der Waals surface area contributed by atoms with Crippen LogP contribution in [0.15, 0.2) is 24.8 Å². The zero-order chi connectivity index (χ0) is 5.54. The summed E-state index contributed by atoms with van der Waals surface area (Å²) in [4.78, 5) is 0. The molecule has 0 aromatic rings. The SMILES string of the molecule is [C-]1=CC=CC1.[CH-]=C.[Fe+2]. The molecule has 0 saturated carbocycles. The molecule has 0 bridgehead atoms. The molecular formula is C7H8Fe. The van der Waals surface area contributed by atoms with Crippen LogP contribution in [0.3, 0.4) is 0 Å². The van der Waals surface area contributed by atoms with Crippen LogP contribution in [0.1, 0.15) is 6.42 Å². The molecule has 0 heterocycles. The minimum Gasteiger partial charge on any atom is -0.521 e. The smallest absolute Gasteiger partial charge is 0.521 e. The van der Waals surface area contributed by atoms with Gasteiger partial charge in [-0.1, -0.05) is 0 Å². The van der Waals surface area contributed by atoms with Gasteiger partial charge in [0.2, 0.25) is 0 Å².